The van der Waals surface area contributed by atoms with Gasteiger partial charge in [-0.15, -0.1) is 0 Å². The maximum absolute atomic E-state index is 12.4. The fourth-order valence-electron chi connectivity index (χ4n) is 2.70. The van der Waals surface area contributed by atoms with Gasteiger partial charge in [0.15, 0.2) is 6.10 Å². The van der Waals surface area contributed by atoms with E-state index in [-0.39, 0.29) is 16.9 Å². The number of carbonyl (C=O) groups is 2. The summed E-state index contributed by atoms with van der Waals surface area (Å²) < 4.78 is 5.16. The Kier molecular flexibility index (Phi) is 5.21. The van der Waals surface area contributed by atoms with Crippen molar-refractivity contribution < 1.29 is 19.2 Å². The molecule has 142 valence electrons. The molecule has 1 atom stereocenters. The summed E-state index contributed by atoms with van der Waals surface area (Å²) >= 11 is 0. The molecule has 0 heterocycles. The molecular weight excluding hydrogens is 362 g/mol. The number of carbonyl (C=O) groups excluding carboxylic acids is 2. The average Bonchev–Trinajstić information content (AvgIpc) is 2.67. The SMILES string of the molecule is C[C@H](OC(=O)c1ccc([N+](=O)[O-])cc1N)C(=O)Nc1cccc2ccccc12. The largest absolute Gasteiger partial charge is 0.449 e. The van der Waals surface area contributed by atoms with E-state index in [9.17, 15) is 19.7 Å². The van der Waals surface area contributed by atoms with E-state index >= 15 is 0 Å². The Labute approximate surface area is 160 Å². The van der Waals surface area contributed by atoms with Crippen LogP contribution < -0.4 is 11.1 Å². The zero-order valence-electron chi connectivity index (χ0n) is 14.9. The predicted octanol–water partition coefficient (Wildman–Crippen LogP) is 3.51. The van der Waals surface area contributed by atoms with E-state index in [1.165, 1.54) is 13.0 Å². The number of amides is 1. The standard InChI is InChI=1S/C20H17N3O5/c1-12(28-20(25)16-10-9-14(23(26)27)11-17(16)21)19(24)22-18-8-4-6-13-5-2-3-7-15(13)18/h2-12H,21H2,1H3,(H,22,24)/t12-/m0/s1. The Morgan fingerprint density at radius 1 is 1.11 bits per heavy atom. The van der Waals surface area contributed by atoms with E-state index < -0.39 is 22.9 Å². The number of nitro benzene ring substituents is 1. The second-order valence-corrected chi connectivity index (χ2v) is 6.09. The smallest absolute Gasteiger partial charge is 0.341 e. The minimum Gasteiger partial charge on any atom is -0.449 e. The lowest BCUT2D eigenvalue weighted by molar-refractivity contribution is -0.384. The molecule has 3 aromatic carbocycles. The molecule has 0 spiro atoms. The fraction of sp³-hybridized carbons (Fsp3) is 0.100. The molecule has 0 aliphatic heterocycles. The van der Waals surface area contributed by atoms with Gasteiger partial charge in [-0.25, -0.2) is 4.79 Å². The van der Waals surface area contributed by atoms with Crippen LogP contribution in [0.2, 0.25) is 0 Å². The molecule has 8 nitrogen and oxygen atoms in total. The van der Waals surface area contributed by atoms with Crippen LogP contribution >= 0.6 is 0 Å². The molecule has 0 fully saturated rings. The quantitative estimate of drug-likeness (QED) is 0.302. The molecule has 28 heavy (non-hydrogen) atoms. The summed E-state index contributed by atoms with van der Waals surface area (Å²) in [5.41, 5.74) is 5.91. The van der Waals surface area contributed by atoms with Crippen molar-refractivity contribution in [3.8, 4) is 0 Å². The second-order valence-electron chi connectivity index (χ2n) is 6.09. The van der Waals surface area contributed by atoms with Crippen molar-refractivity contribution in [2.45, 2.75) is 13.0 Å². The number of nitrogens with one attached hydrogen (secondary N) is 1. The van der Waals surface area contributed by atoms with Crippen LogP contribution in [0.25, 0.3) is 10.8 Å². The number of nitrogen functional groups attached to an aromatic ring is 1. The van der Waals surface area contributed by atoms with Gasteiger partial charge in [-0.3, -0.25) is 14.9 Å². The fourth-order valence-corrected chi connectivity index (χ4v) is 2.70. The minimum absolute atomic E-state index is 0.0459. The number of hydrogen-bond acceptors (Lipinski definition) is 6. The van der Waals surface area contributed by atoms with E-state index in [4.69, 9.17) is 10.5 Å². The van der Waals surface area contributed by atoms with E-state index in [0.29, 0.717) is 5.69 Å². The van der Waals surface area contributed by atoms with Gasteiger partial charge in [0.2, 0.25) is 0 Å². The first-order chi connectivity index (χ1) is 13.4. The van der Waals surface area contributed by atoms with Gasteiger partial charge < -0.3 is 15.8 Å². The highest BCUT2D eigenvalue weighted by molar-refractivity contribution is 6.04. The number of rotatable bonds is 5. The number of ether oxygens (including phenoxy) is 1. The van der Waals surface area contributed by atoms with Crippen molar-refractivity contribution in [2.24, 2.45) is 0 Å². The van der Waals surface area contributed by atoms with Gasteiger partial charge in [0.1, 0.15) is 0 Å². The van der Waals surface area contributed by atoms with Crippen molar-refractivity contribution in [2.75, 3.05) is 11.1 Å². The lowest BCUT2D eigenvalue weighted by atomic mass is 10.1. The van der Waals surface area contributed by atoms with Gasteiger partial charge in [0, 0.05) is 23.2 Å². The third kappa shape index (κ3) is 3.90. The van der Waals surface area contributed by atoms with Crippen molar-refractivity contribution in [1.29, 1.82) is 0 Å². The van der Waals surface area contributed by atoms with Crippen molar-refractivity contribution >= 4 is 39.7 Å². The minimum atomic E-state index is -1.10. The summed E-state index contributed by atoms with van der Waals surface area (Å²) in [6, 6.07) is 16.5. The molecule has 3 N–H and O–H groups in total. The zero-order chi connectivity index (χ0) is 20.3. The molecular formula is C20H17N3O5. The maximum Gasteiger partial charge on any atom is 0.341 e. The predicted molar refractivity (Wildman–Crippen MR) is 105 cm³/mol. The van der Waals surface area contributed by atoms with Gasteiger partial charge >= 0.3 is 5.97 Å². The van der Waals surface area contributed by atoms with Gasteiger partial charge in [-0.2, -0.15) is 0 Å². The lowest BCUT2D eigenvalue weighted by Crippen LogP contribution is -2.30. The summed E-state index contributed by atoms with van der Waals surface area (Å²) in [6.45, 7) is 1.43. The van der Waals surface area contributed by atoms with E-state index in [1.807, 2.05) is 36.4 Å². The third-order valence-electron chi connectivity index (χ3n) is 4.17. The molecule has 0 aliphatic rings. The van der Waals surface area contributed by atoms with E-state index in [2.05, 4.69) is 5.32 Å². The topological polar surface area (TPSA) is 125 Å². The van der Waals surface area contributed by atoms with Crippen LogP contribution in [0.15, 0.2) is 60.7 Å². The molecule has 3 rings (SSSR count). The van der Waals surface area contributed by atoms with Crippen LogP contribution in [0.5, 0.6) is 0 Å². The van der Waals surface area contributed by atoms with Crippen molar-refractivity contribution in [3.05, 3.63) is 76.3 Å². The molecule has 1 amide bonds. The van der Waals surface area contributed by atoms with Gasteiger partial charge in [0.05, 0.1) is 16.2 Å². The number of nitrogens with two attached hydrogens (primary N) is 1. The average molecular weight is 379 g/mol. The highest BCUT2D eigenvalue weighted by Gasteiger charge is 2.22. The third-order valence-corrected chi connectivity index (χ3v) is 4.17. The molecule has 0 radical (unpaired) electrons. The molecule has 0 saturated carbocycles. The lowest BCUT2D eigenvalue weighted by Gasteiger charge is -2.15. The van der Waals surface area contributed by atoms with Gasteiger partial charge in [-0.05, 0) is 24.4 Å². The summed E-state index contributed by atoms with van der Waals surface area (Å²) in [4.78, 5) is 34.8. The van der Waals surface area contributed by atoms with Crippen LogP contribution in [0, 0.1) is 10.1 Å². The number of nitrogens with zero attached hydrogens (tertiary/aromatic N) is 1. The van der Waals surface area contributed by atoms with Crippen molar-refractivity contribution in [1.82, 2.24) is 0 Å². The van der Waals surface area contributed by atoms with Crippen LogP contribution in [0.3, 0.4) is 0 Å². The number of non-ortho nitro benzene ring substituents is 1. The van der Waals surface area contributed by atoms with Gasteiger partial charge in [-0.1, -0.05) is 36.4 Å². The number of benzene rings is 3. The van der Waals surface area contributed by atoms with E-state index in [1.54, 1.807) is 6.07 Å². The summed E-state index contributed by atoms with van der Waals surface area (Å²) in [5, 5.41) is 15.3. The molecule has 0 aliphatic carbocycles. The highest BCUT2D eigenvalue weighted by Crippen LogP contribution is 2.24. The summed E-state index contributed by atoms with van der Waals surface area (Å²) in [6.07, 6.45) is -1.10. The molecule has 0 bridgehead atoms. The monoisotopic (exact) mass is 379 g/mol. The Hall–Kier alpha value is -3.94. The van der Waals surface area contributed by atoms with Crippen molar-refractivity contribution in [3.63, 3.8) is 0 Å². The van der Waals surface area contributed by atoms with Crippen LogP contribution in [0.1, 0.15) is 17.3 Å². The first-order valence-electron chi connectivity index (χ1n) is 8.40. The number of esters is 1. The van der Waals surface area contributed by atoms with Crippen LogP contribution in [-0.2, 0) is 9.53 Å². The molecule has 0 aromatic heterocycles. The summed E-state index contributed by atoms with van der Waals surface area (Å²) in [7, 11) is 0. The molecule has 0 saturated heterocycles. The Morgan fingerprint density at radius 2 is 1.82 bits per heavy atom. The Bertz CT molecular complexity index is 1080. The first-order valence-corrected chi connectivity index (χ1v) is 8.40. The second kappa shape index (κ2) is 7.75. The summed E-state index contributed by atoms with van der Waals surface area (Å²) in [5.74, 6) is -1.35. The number of hydrogen-bond donors (Lipinski definition) is 2. The van der Waals surface area contributed by atoms with Crippen LogP contribution in [0.4, 0.5) is 17.1 Å². The normalized spacial score (nSPS) is 11.6. The number of anilines is 2. The Morgan fingerprint density at radius 3 is 2.54 bits per heavy atom. The molecule has 0 unspecified atom stereocenters. The highest BCUT2D eigenvalue weighted by atomic mass is 16.6. The van der Waals surface area contributed by atoms with Crippen LogP contribution in [-0.4, -0.2) is 22.9 Å². The number of fused-ring (bicyclic) bond motifs is 1. The van der Waals surface area contributed by atoms with E-state index in [0.717, 1.165) is 22.9 Å². The Balaban J connectivity index is 1.72. The zero-order valence-corrected chi connectivity index (χ0v) is 14.9. The number of nitro groups is 1. The molecule has 8 heteroatoms. The van der Waals surface area contributed by atoms with Gasteiger partial charge in [0.25, 0.3) is 11.6 Å². The first kappa shape index (κ1) is 18.8. The maximum atomic E-state index is 12.4. The molecule has 3 aromatic rings.